The molecule has 0 aromatic heterocycles. The molecule has 7 nitrogen and oxygen atoms in total. The van der Waals surface area contributed by atoms with Gasteiger partial charge in [0, 0.05) is 13.0 Å². The highest BCUT2D eigenvalue weighted by Crippen LogP contribution is 2.34. The molecule has 0 radical (unpaired) electrons. The zero-order chi connectivity index (χ0) is 16.3. The number of esters is 1. The van der Waals surface area contributed by atoms with Gasteiger partial charge < -0.3 is 20.1 Å². The molecule has 1 aromatic rings. The van der Waals surface area contributed by atoms with Crippen LogP contribution >= 0.6 is 0 Å². The van der Waals surface area contributed by atoms with Crippen molar-refractivity contribution in [1.29, 1.82) is 0 Å². The molecule has 2 N–H and O–H groups in total. The molecule has 1 fully saturated rings. The summed E-state index contributed by atoms with van der Waals surface area (Å²) < 4.78 is 10.0. The molecule has 0 saturated carbocycles. The van der Waals surface area contributed by atoms with E-state index in [9.17, 15) is 14.4 Å². The molecule has 22 heavy (non-hydrogen) atoms. The van der Waals surface area contributed by atoms with Crippen LogP contribution in [0.15, 0.2) is 18.2 Å². The highest BCUT2D eigenvalue weighted by atomic mass is 16.5. The van der Waals surface area contributed by atoms with Crippen LogP contribution in [0, 0.1) is 12.8 Å². The van der Waals surface area contributed by atoms with Crippen molar-refractivity contribution in [2.24, 2.45) is 11.7 Å². The third kappa shape index (κ3) is 3.36. The Bertz CT molecular complexity index is 614. The van der Waals surface area contributed by atoms with Crippen LogP contribution in [-0.2, 0) is 19.1 Å². The third-order valence-corrected chi connectivity index (χ3v) is 3.44. The van der Waals surface area contributed by atoms with Crippen LogP contribution in [0.25, 0.3) is 0 Å². The standard InChI is InChI=1S/C15H18N2O5/c1-9-3-4-12(21-2)11(5-9)17-7-10(6-14(17)19)15(20)22-8-13(16)18/h3-5,10H,6-8H2,1-2H3,(H2,16,18)/t10-/m1/s1. The van der Waals surface area contributed by atoms with Gasteiger partial charge in [0.25, 0.3) is 5.91 Å². The lowest BCUT2D eigenvalue weighted by Crippen LogP contribution is -2.28. The van der Waals surface area contributed by atoms with Crippen LogP contribution in [0.5, 0.6) is 5.75 Å². The zero-order valence-corrected chi connectivity index (χ0v) is 12.5. The number of primary amides is 1. The third-order valence-electron chi connectivity index (χ3n) is 3.44. The lowest BCUT2D eigenvalue weighted by atomic mass is 10.1. The number of carbonyl (C=O) groups excluding carboxylic acids is 3. The molecule has 0 bridgehead atoms. The van der Waals surface area contributed by atoms with E-state index in [1.807, 2.05) is 19.1 Å². The van der Waals surface area contributed by atoms with Crippen molar-refractivity contribution in [3.63, 3.8) is 0 Å². The number of ether oxygens (including phenoxy) is 2. The molecule has 0 spiro atoms. The van der Waals surface area contributed by atoms with E-state index in [2.05, 4.69) is 0 Å². The molecule has 2 amide bonds. The number of carbonyl (C=O) groups is 3. The summed E-state index contributed by atoms with van der Waals surface area (Å²) in [6, 6.07) is 5.48. The summed E-state index contributed by atoms with van der Waals surface area (Å²) >= 11 is 0. The molecule has 1 aromatic carbocycles. The highest BCUT2D eigenvalue weighted by molar-refractivity contribution is 6.00. The summed E-state index contributed by atoms with van der Waals surface area (Å²) in [7, 11) is 1.52. The Balaban J connectivity index is 2.14. The monoisotopic (exact) mass is 306 g/mol. The topological polar surface area (TPSA) is 98.9 Å². The molecule has 1 saturated heterocycles. The number of rotatable bonds is 5. The average Bonchev–Trinajstić information content (AvgIpc) is 2.86. The molecular weight excluding hydrogens is 288 g/mol. The number of amides is 2. The Morgan fingerprint density at radius 3 is 2.77 bits per heavy atom. The Kier molecular flexibility index (Phi) is 4.65. The van der Waals surface area contributed by atoms with Crippen molar-refractivity contribution in [3.8, 4) is 5.75 Å². The first kappa shape index (κ1) is 15.8. The fourth-order valence-corrected chi connectivity index (χ4v) is 2.37. The normalized spacial score (nSPS) is 17.5. The van der Waals surface area contributed by atoms with Crippen molar-refractivity contribution in [3.05, 3.63) is 23.8 Å². The summed E-state index contributed by atoms with van der Waals surface area (Å²) in [5.41, 5.74) is 6.53. The Hall–Kier alpha value is -2.57. The quantitative estimate of drug-likeness (QED) is 0.793. The summed E-state index contributed by atoms with van der Waals surface area (Å²) in [6.45, 7) is 1.62. The predicted molar refractivity (Wildman–Crippen MR) is 78.3 cm³/mol. The SMILES string of the molecule is COc1ccc(C)cc1N1C[C@H](C(=O)OCC(N)=O)CC1=O. The van der Waals surface area contributed by atoms with Gasteiger partial charge in [-0.05, 0) is 24.6 Å². The summed E-state index contributed by atoms with van der Waals surface area (Å²) in [4.78, 5) is 36.2. The maximum Gasteiger partial charge on any atom is 0.311 e. The second-order valence-electron chi connectivity index (χ2n) is 5.15. The molecule has 0 aliphatic carbocycles. The van der Waals surface area contributed by atoms with Crippen molar-refractivity contribution >= 4 is 23.5 Å². The summed E-state index contributed by atoms with van der Waals surface area (Å²) in [6.07, 6.45) is 0.0364. The van der Waals surface area contributed by atoms with Gasteiger partial charge in [0.2, 0.25) is 5.91 Å². The number of nitrogens with two attached hydrogens (primary N) is 1. The minimum absolute atomic E-state index is 0.0364. The van der Waals surface area contributed by atoms with E-state index in [1.54, 1.807) is 6.07 Å². The van der Waals surface area contributed by atoms with E-state index in [0.717, 1.165) is 5.56 Å². The number of benzene rings is 1. The van der Waals surface area contributed by atoms with Gasteiger partial charge in [-0.1, -0.05) is 6.07 Å². The Morgan fingerprint density at radius 2 is 2.14 bits per heavy atom. The van der Waals surface area contributed by atoms with Crippen molar-refractivity contribution in [1.82, 2.24) is 0 Å². The van der Waals surface area contributed by atoms with E-state index in [1.165, 1.54) is 12.0 Å². The lowest BCUT2D eigenvalue weighted by molar-refractivity contribution is -0.151. The fraction of sp³-hybridized carbons (Fsp3) is 0.400. The van der Waals surface area contributed by atoms with E-state index < -0.39 is 24.4 Å². The van der Waals surface area contributed by atoms with Crippen LogP contribution in [0.1, 0.15) is 12.0 Å². The van der Waals surface area contributed by atoms with Crippen LogP contribution in [0.2, 0.25) is 0 Å². The van der Waals surface area contributed by atoms with Gasteiger partial charge in [0.1, 0.15) is 5.75 Å². The predicted octanol–water partition coefficient (Wildman–Crippen LogP) is 0.385. The first-order chi connectivity index (χ1) is 10.4. The number of methoxy groups -OCH3 is 1. The van der Waals surface area contributed by atoms with Crippen LogP contribution in [0.4, 0.5) is 5.69 Å². The van der Waals surface area contributed by atoms with Gasteiger partial charge in [0.05, 0.1) is 18.7 Å². The first-order valence-electron chi connectivity index (χ1n) is 6.82. The van der Waals surface area contributed by atoms with E-state index in [4.69, 9.17) is 15.2 Å². The smallest absolute Gasteiger partial charge is 0.311 e. The van der Waals surface area contributed by atoms with Crippen molar-refractivity contribution in [2.45, 2.75) is 13.3 Å². The van der Waals surface area contributed by atoms with E-state index in [-0.39, 0.29) is 18.9 Å². The summed E-state index contributed by atoms with van der Waals surface area (Å²) in [5, 5.41) is 0. The second-order valence-corrected chi connectivity index (χ2v) is 5.15. The van der Waals surface area contributed by atoms with Crippen molar-refractivity contribution in [2.75, 3.05) is 25.2 Å². The van der Waals surface area contributed by atoms with Crippen LogP contribution in [0.3, 0.4) is 0 Å². The number of anilines is 1. The first-order valence-corrected chi connectivity index (χ1v) is 6.82. The van der Waals surface area contributed by atoms with Gasteiger partial charge in [-0.2, -0.15) is 0 Å². The average molecular weight is 306 g/mol. The van der Waals surface area contributed by atoms with Crippen LogP contribution in [-0.4, -0.2) is 38.0 Å². The van der Waals surface area contributed by atoms with Gasteiger partial charge >= 0.3 is 5.97 Å². The molecule has 1 atom stereocenters. The minimum Gasteiger partial charge on any atom is -0.495 e. The van der Waals surface area contributed by atoms with E-state index >= 15 is 0 Å². The number of hydrogen-bond acceptors (Lipinski definition) is 5. The van der Waals surface area contributed by atoms with Gasteiger partial charge in [0.15, 0.2) is 6.61 Å². The molecule has 1 aliphatic heterocycles. The van der Waals surface area contributed by atoms with Crippen LogP contribution < -0.4 is 15.4 Å². The molecule has 1 heterocycles. The molecule has 7 heteroatoms. The fourth-order valence-electron chi connectivity index (χ4n) is 2.37. The van der Waals surface area contributed by atoms with Gasteiger partial charge in [-0.15, -0.1) is 0 Å². The second kappa shape index (κ2) is 6.46. The molecule has 118 valence electrons. The number of hydrogen-bond donors (Lipinski definition) is 1. The number of nitrogens with zero attached hydrogens (tertiary/aromatic N) is 1. The molecule has 1 aliphatic rings. The Labute approximate surface area is 128 Å². The molecular formula is C15H18N2O5. The lowest BCUT2D eigenvalue weighted by Gasteiger charge is -2.20. The largest absolute Gasteiger partial charge is 0.495 e. The van der Waals surface area contributed by atoms with E-state index in [0.29, 0.717) is 11.4 Å². The maximum absolute atomic E-state index is 12.2. The van der Waals surface area contributed by atoms with Crippen molar-refractivity contribution < 1.29 is 23.9 Å². The molecule has 2 rings (SSSR count). The molecule has 0 unspecified atom stereocenters. The zero-order valence-electron chi connectivity index (χ0n) is 12.5. The summed E-state index contributed by atoms with van der Waals surface area (Å²) in [5.74, 6) is -1.57. The highest BCUT2D eigenvalue weighted by Gasteiger charge is 2.37. The maximum atomic E-state index is 12.2. The Morgan fingerprint density at radius 1 is 1.41 bits per heavy atom. The number of aryl methyl sites for hydroxylation is 1. The van der Waals surface area contributed by atoms with Gasteiger partial charge in [-0.25, -0.2) is 0 Å². The van der Waals surface area contributed by atoms with Gasteiger partial charge in [-0.3, -0.25) is 14.4 Å². The minimum atomic E-state index is -0.727.